The molecule has 0 spiro atoms. The molecule has 0 unspecified atom stereocenters. The lowest BCUT2D eigenvalue weighted by molar-refractivity contribution is 0.0720. The van der Waals surface area contributed by atoms with E-state index in [1.807, 2.05) is 0 Å². The number of hydrogen-bond donors (Lipinski definition) is 4. The summed E-state index contributed by atoms with van der Waals surface area (Å²) in [6.45, 7) is 0.613. The molecule has 1 aliphatic rings. The van der Waals surface area contributed by atoms with Gasteiger partial charge in [-0.3, -0.25) is 4.79 Å². The van der Waals surface area contributed by atoms with Crippen molar-refractivity contribution in [3.8, 4) is 0 Å². The first kappa shape index (κ1) is 15.1. The highest BCUT2D eigenvalue weighted by molar-refractivity contribution is 7.18. The quantitative estimate of drug-likeness (QED) is 0.659. The number of rotatable bonds is 5. The maximum Gasteiger partial charge on any atom is 0.265 e. The summed E-state index contributed by atoms with van der Waals surface area (Å²) in [5.41, 5.74) is 5.57. The largest absolute Gasteiger partial charge is 0.396 e. The van der Waals surface area contributed by atoms with Crippen LogP contribution in [0.25, 0.3) is 0 Å². The summed E-state index contributed by atoms with van der Waals surface area (Å²) >= 11 is 1.24. The summed E-state index contributed by atoms with van der Waals surface area (Å²) in [4.78, 5) is 16.7. The van der Waals surface area contributed by atoms with Crippen molar-refractivity contribution in [3.63, 3.8) is 0 Å². The van der Waals surface area contributed by atoms with Gasteiger partial charge in [-0.2, -0.15) is 0 Å². The lowest BCUT2D eigenvalue weighted by atomic mass is 9.74. The van der Waals surface area contributed by atoms with Crippen molar-refractivity contribution in [2.45, 2.75) is 32.1 Å². The van der Waals surface area contributed by atoms with Crippen molar-refractivity contribution in [1.82, 2.24) is 10.3 Å². The molecule has 0 saturated heterocycles. The van der Waals surface area contributed by atoms with E-state index in [4.69, 9.17) is 5.73 Å². The number of nitrogens with zero attached hydrogens (tertiary/aromatic N) is 1. The van der Waals surface area contributed by atoms with E-state index >= 15 is 0 Å². The number of carbonyl (C=O) groups is 1. The first-order chi connectivity index (χ1) is 9.60. The molecule has 5 N–H and O–H groups in total. The van der Waals surface area contributed by atoms with Crippen LogP contribution in [0.15, 0.2) is 0 Å². The van der Waals surface area contributed by atoms with Crippen molar-refractivity contribution < 1.29 is 9.90 Å². The summed E-state index contributed by atoms with van der Waals surface area (Å²) < 4.78 is 0. The van der Waals surface area contributed by atoms with Crippen molar-refractivity contribution in [2.75, 3.05) is 31.2 Å². The predicted molar refractivity (Wildman–Crippen MR) is 81.0 cm³/mol. The molecule has 7 heteroatoms. The topological polar surface area (TPSA) is 100 Å². The normalized spacial score (nSPS) is 17.7. The van der Waals surface area contributed by atoms with Gasteiger partial charge < -0.3 is 21.5 Å². The molecule has 6 nitrogen and oxygen atoms in total. The van der Waals surface area contributed by atoms with Gasteiger partial charge in [0.1, 0.15) is 10.7 Å². The molecule has 20 heavy (non-hydrogen) atoms. The summed E-state index contributed by atoms with van der Waals surface area (Å²) in [5, 5.41) is 16.0. The highest BCUT2D eigenvalue weighted by atomic mass is 32.1. The van der Waals surface area contributed by atoms with E-state index in [1.54, 1.807) is 7.05 Å². The van der Waals surface area contributed by atoms with Crippen LogP contribution in [-0.2, 0) is 0 Å². The molecule has 1 fully saturated rings. The Bertz CT molecular complexity index is 469. The summed E-state index contributed by atoms with van der Waals surface area (Å²) in [6.07, 6.45) is 5.36. The van der Waals surface area contributed by atoms with Gasteiger partial charge in [-0.05, 0) is 12.8 Å². The number of aliphatic hydroxyl groups is 1. The fourth-order valence-electron chi connectivity index (χ4n) is 2.64. The molecule has 1 amide bonds. The monoisotopic (exact) mass is 298 g/mol. The maximum absolute atomic E-state index is 12.2. The van der Waals surface area contributed by atoms with Crippen molar-refractivity contribution in [2.24, 2.45) is 5.41 Å². The van der Waals surface area contributed by atoms with Crippen molar-refractivity contribution in [1.29, 1.82) is 0 Å². The number of amides is 1. The van der Waals surface area contributed by atoms with Crippen LogP contribution in [0.4, 0.5) is 10.9 Å². The second-order valence-electron chi connectivity index (χ2n) is 5.38. The number of thiazole rings is 1. The second-order valence-corrected chi connectivity index (χ2v) is 6.38. The minimum absolute atomic E-state index is 0.118. The van der Waals surface area contributed by atoms with Gasteiger partial charge in [-0.15, -0.1) is 0 Å². The Morgan fingerprint density at radius 1 is 1.45 bits per heavy atom. The number of aliphatic hydroxyl groups excluding tert-OH is 1. The zero-order valence-electron chi connectivity index (χ0n) is 11.7. The smallest absolute Gasteiger partial charge is 0.265 e. The minimum Gasteiger partial charge on any atom is -0.396 e. The molecule has 0 aromatic carbocycles. The molecule has 112 valence electrons. The second kappa shape index (κ2) is 6.41. The summed E-state index contributed by atoms with van der Waals surface area (Å²) in [5.74, 6) is 0.0402. The maximum atomic E-state index is 12.2. The van der Waals surface area contributed by atoms with Crippen molar-refractivity contribution >= 4 is 28.2 Å². The van der Waals surface area contributed by atoms with Gasteiger partial charge in [0.05, 0.1) is 6.61 Å². The SMILES string of the molecule is CNc1nc(N)c(C(=O)NCC2(CO)CCCCC2)s1. The molecule has 0 atom stereocenters. The molecule has 0 bridgehead atoms. The number of anilines is 2. The molecule has 1 heterocycles. The molecule has 2 rings (SSSR count). The number of aromatic nitrogens is 1. The van der Waals surface area contributed by atoms with E-state index in [1.165, 1.54) is 17.8 Å². The Kier molecular flexibility index (Phi) is 4.82. The lowest BCUT2D eigenvalue weighted by Gasteiger charge is -2.35. The van der Waals surface area contributed by atoms with Gasteiger partial charge in [0, 0.05) is 19.0 Å². The molecular formula is C13H22N4O2S. The first-order valence-corrected chi connectivity index (χ1v) is 7.75. The fourth-order valence-corrected chi connectivity index (χ4v) is 3.40. The van der Waals surface area contributed by atoms with Gasteiger partial charge in [0.15, 0.2) is 5.13 Å². The third-order valence-corrected chi connectivity index (χ3v) is 5.03. The van der Waals surface area contributed by atoms with Crippen LogP contribution in [0.1, 0.15) is 41.8 Å². The molecule has 0 radical (unpaired) electrons. The number of nitrogens with one attached hydrogen (secondary N) is 2. The van der Waals surface area contributed by atoms with Crippen LogP contribution < -0.4 is 16.4 Å². The predicted octanol–water partition coefficient (Wildman–Crippen LogP) is 1.44. The van der Waals surface area contributed by atoms with E-state index < -0.39 is 0 Å². The molecule has 1 aromatic heterocycles. The fraction of sp³-hybridized carbons (Fsp3) is 0.692. The standard InChI is InChI=1S/C13H22N4O2S/c1-15-12-17-10(14)9(20-12)11(19)16-7-13(8-18)5-3-2-4-6-13/h18H,2-8,14H2,1H3,(H,15,17)(H,16,19). The van der Waals surface area contributed by atoms with E-state index in [-0.39, 0.29) is 23.7 Å². The van der Waals surface area contributed by atoms with Crippen molar-refractivity contribution in [3.05, 3.63) is 4.88 Å². The zero-order chi connectivity index (χ0) is 14.6. The van der Waals surface area contributed by atoms with Crippen LogP contribution in [0.5, 0.6) is 0 Å². The number of hydrogen-bond acceptors (Lipinski definition) is 6. The van der Waals surface area contributed by atoms with Gasteiger partial charge in [-0.25, -0.2) is 4.98 Å². The van der Waals surface area contributed by atoms with E-state index in [0.717, 1.165) is 25.7 Å². The van der Waals surface area contributed by atoms with Gasteiger partial charge >= 0.3 is 0 Å². The average molecular weight is 298 g/mol. The third kappa shape index (κ3) is 3.21. The number of nitrogens with two attached hydrogens (primary N) is 1. The first-order valence-electron chi connectivity index (χ1n) is 6.93. The van der Waals surface area contributed by atoms with E-state index in [2.05, 4.69) is 15.6 Å². The minimum atomic E-state index is -0.208. The molecule has 1 aromatic rings. The van der Waals surface area contributed by atoms with Gasteiger partial charge in [0.2, 0.25) is 0 Å². The van der Waals surface area contributed by atoms with E-state index in [9.17, 15) is 9.90 Å². The van der Waals surface area contributed by atoms with Gasteiger partial charge in [-0.1, -0.05) is 30.6 Å². The van der Waals surface area contributed by atoms with Crippen LogP contribution in [0.3, 0.4) is 0 Å². The van der Waals surface area contributed by atoms with Crippen LogP contribution >= 0.6 is 11.3 Å². The van der Waals surface area contributed by atoms with Crippen LogP contribution in [-0.4, -0.2) is 36.2 Å². The Balaban J connectivity index is 1.98. The van der Waals surface area contributed by atoms with E-state index in [0.29, 0.717) is 16.6 Å². The molecular weight excluding hydrogens is 276 g/mol. The lowest BCUT2D eigenvalue weighted by Crippen LogP contribution is -2.41. The molecule has 0 aliphatic heterocycles. The summed E-state index contributed by atoms with van der Waals surface area (Å²) in [6, 6.07) is 0. The highest BCUT2D eigenvalue weighted by Gasteiger charge is 2.32. The van der Waals surface area contributed by atoms with Gasteiger partial charge in [0.25, 0.3) is 5.91 Å². The third-order valence-electron chi connectivity index (χ3n) is 3.95. The highest BCUT2D eigenvalue weighted by Crippen LogP contribution is 2.35. The molecule has 1 aliphatic carbocycles. The Morgan fingerprint density at radius 2 is 2.15 bits per heavy atom. The zero-order valence-corrected chi connectivity index (χ0v) is 12.6. The Morgan fingerprint density at radius 3 is 2.70 bits per heavy atom. The Labute approximate surface area is 122 Å². The Hall–Kier alpha value is -1.34. The van der Waals surface area contributed by atoms with Crippen LogP contribution in [0.2, 0.25) is 0 Å². The number of nitrogen functional groups attached to an aromatic ring is 1. The van der Waals surface area contributed by atoms with Crippen LogP contribution in [0, 0.1) is 5.41 Å². The summed E-state index contributed by atoms with van der Waals surface area (Å²) in [7, 11) is 1.74. The molecule has 1 saturated carbocycles. The number of carbonyl (C=O) groups excluding carboxylic acids is 1. The average Bonchev–Trinajstić information content (AvgIpc) is 2.87.